The van der Waals surface area contributed by atoms with E-state index < -0.39 is 0 Å². The molecule has 0 amide bonds. The Kier molecular flexibility index (Phi) is 3.43. The van der Waals surface area contributed by atoms with Gasteiger partial charge in [-0.1, -0.05) is 0 Å². The summed E-state index contributed by atoms with van der Waals surface area (Å²) in [6, 6.07) is 4.78. The number of aryl methyl sites for hydroxylation is 3. The first kappa shape index (κ1) is 12.0. The molecule has 2 rings (SSSR count). The van der Waals surface area contributed by atoms with Crippen molar-refractivity contribution >= 4 is 17.0 Å². The molecule has 0 bridgehead atoms. The second kappa shape index (κ2) is 4.84. The largest absolute Gasteiger partial charge is 0.380 e. The van der Waals surface area contributed by atoms with Gasteiger partial charge in [0, 0.05) is 10.6 Å². The fourth-order valence-corrected chi connectivity index (χ4v) is 2.62. The second-order valence-electron chi connectivity index (χ2n) is 4.05. The maximum Gasteiger partial charge on any atom is 0.123 e. The van der Waals surface area contributed by atoms with E-state index in [9.17, 15) is 4.39 Å². The van der Waals surface area contributed by atoms with Crippen LogP contribution in [0.15, 0.2) is 18.2 Å². The number of thiazole rings is 1. The monoisotopic (exact) mass is 250 g/mol. The Bertz CT molecular complexity index is 534. The van der Waals surface area contributed by atoms with Crippen molar-refractivity contribution in [2.75, 3.05) is 5.32 Å². The Morgan fingerprint density at radius 1 is 1.29 bits per heavy atom. The van der Waals surface area contributed by atoms with Gasteiger partial charge in [-0.2, -0.15) is 0 Å². The molecule has 4 heteroatoms. The number of halogens is 1. The predicted molar refractivity (Wildman–Crippen MR) is 70.1 cm³/mol. The Morgan fingerprint density at radius 3 is 2.65 bits per heavy atom. The van der Waals surface area contributed by atoms with Crippen LogP contribution in [0, 0.1) is 26.6 Å². The van der Waals surface area contributed by atoms with Crippen LogP contribution in [0.5, 0.6) is 0 Å². The van der Waals surface area contributed by atoms with Crippen molar-refractivity contribution < 1.29 is 4.39 Å². The highest BCUT2D eigenvalue weighted by Crippen LogP contribution is 2.21. The molecule has 0 spiro atoms. The van der Waals surface area contributed by atoms with E-state index in [0.29, 0.717) is 0 Å². The minimum Gasteiger partial charge on any atom is -0.380 e. The van der Waals surface area contributed by atoms with Crippen LogP contribution in [-0.2, 0) is 6.54 Å². The average molecular weight is 250 g/mol. The van der Waals surface area contributed by atoms with Crippen LogP contribution in [0.25, 0.3) is 0 Å². The number of rotatable bonds is 3. The molecule has 2 nitrogen and oxygen atoms in total. The van der Waals surface area contributed by atoms with E-state index in [0.717, 1.165) is 28.5 Å². The van der Waals surface area contributed by atoms with Gasteiger partial charge in [0.25, 0.3) is 0 Å². The van der Waals surface area contributed by atoms with Crippen molar-refractivity contribution in [3.63, 3.8) is 0 Å². The molecule has 0 aliphatic rings. The number of benzene rings is 1. The fourth-order valence-electron chi connectivity index (χ4n) is 1.74. The van der Waals surface area contributed by atoms with Crippen LogP contribution in [0.3, 0.4) is 0 Å². The minimum absolute atomic E-state index is 0.196. The van der Waals surface area contributed by atoms with Crippen molar-refractivity contribution in [2.45, 2.75) is 27.3 Å². The Morgan fingerprint density at radius 2 is 2.06 bits per heavy atom. The number of anilines is 1. The molecule has 1 aromatic heterocycles. The van der Waals surface area contributed by atoms with E-state index in [2.05, 4.69) is 10.3 Å². The normalized spacial score (nSPS) is 10.6. The predicted octanol–water partition coefficient (Wildman–Crippen LogP) is 3.82. The Labute approximate surface area is 105 Å². The Hall–Kier alpha value is -1.42. The van der Waals surface area contributed by atoms with Gasteiger partial charge in [-0.3, -0.25) is 0 Å². The molecule has 0 saturated carbocycles. The van der Waals surface area contributed by atoms with Crippen molar-refractivity contribution in [2.24, 2.45) is 0 Å². The third-order valence-corrected chi connectivity index (χ3v) is 3.70. The first-order valence-electron chi connectivity index (χ1n) is 5.49. The van der Waals surface area contributed by atoms with Crippen LogP contribution in [0.1, 0.15) is 21.1 Å². The first-order chi connectivity index (χ1) is 8.06. The maximum atomic E-state index is 12.9. The molecule has 0 fully saturated rings. The standard InChI is InChI=1S/C13H15FN2S/c1-8-6-11(14)4-5-12(8)15-7-13-9(2)16-10(3)17-13/h4-6,15H,7H2,1-3H3. The topological polar surface area (TPSA) is 24.9 Å². The molecule has 1 heterocycles. The van der Waals surface area contributed by atoms with Gasteiger partial charge in [-0.05, 0) is 44.5 Å². The van der Waals surface area contributed by atoms with Gasteiger partial charge in [0.05, 0.1) is 17.2 Å². The van der Waals surface area contributed by atoms with E-state index in [1.807, 2.05) is 20.8 Å². The second-order valence-corrected chi connectivity index (χ2v) is 5.34. The van der Waals surface area contributed by atoms with Crippen LogP contribution in [0.4, 0.5) is 10.1 Å². The molecular formula is C13H15FN2S. The van der Waals surface area contributed by atoms with E-state index in [4.69, 9.17) is 0 Å². The molecule has 0 aliphatic heterocycles. The summed E-state index contributed by atoms with van der Waals surface area (Å²) in [5.41, 5.74) is 2.96. The van der Waals surface area contributed by atoms with Gasteiger partial charge in [0.1, 0.15) is 5.82 Å². The summed E-state index contributed by atoms with van der Waals surface area (Å²) < 4.78 is 12.9. The summed E-state index contributed by atoms with van der Waals surface area (Å²) in [5, 5.41) is 4.39. The molecule has 0 atom stereocenters. The maximum absolute atomic E-state index is 12.9. The van der Waals surface area contributed by atoms with Crippen molar-refractivity contribution in [1.29, 1.82) is 0 Å². The summed E-state index contributed by atoms with van der Waals surface area (Å²) in [6.07, 6.45) is 0. The molecule has 2 aromatic rings. The SMILES string of the molecule is Cc1nc(C)c(CNc2ccc(F)cc2C)s1. The number of hydrogen-bond acceptors (Lipinski definition) is 3. The smallest absolute Gasteiger partial charge is 0.123 e. The zero-order chi connectivity index (χ0) is 12.4. The van der Waals surface area contributed by atoms with Crippen LogP contribution in [0.2, 0.25) is 0 Å². The molecule has 0 radical (unpaired) electrons. The molecule has 90 valence electrons. The van der Waals surface area contributed by atoms with Crippen molar-refractivity contribution in [3.8, 4) is 0 Å². The number of nitrogens with zero attached hydrogens (tertiary/aromatic N) is 1. The first-order valence-corrected chi connectivity index (χ1v) is 6.31. The van der Waals surface area contributed by atoms with Gasteiger partial charge in [-0.15, -0.1) is 11.3 Å². The highest BCUT2D eigenvalue weighted by Gasteiger charge is 2.05. The van der Waals surface area contributed by atoms with Gasteiger partial charge in [0.2, 0.25) is 0 Å². The summed E-state index contributed by atoms with van der Waals surface area (Å²) in [7, 11) is 0. The lowest BCUT2D eigenvalue weighted by atomic mass is 10.2. The van der Waals surface area contributed by atoms with E-state index in [-0.39, 0.29) is 5.82 Å². The molecule has 0 unspecified atom stereocenters. The minimum atomic E-state index is -0.196. The number of nitrogens with one attached hydrogen (secondary N) is 1. The zero-order valence-electron chi connectivity index (χ0n) is 10.2. The third kappa shape index (κ3) is 2.82. The van der Waals surface area contributed by atoms with Gasteiger partial charge in [0.15, 0.2) is 0 Å². The molecule has 1 N–H and O–H groups in total. The molecular weight excluding hydrogens is 235 g/mol. The van der Waals surface area contributed by atoms with Crippen LogP contribution < -0.4 is 5.32 Å². The van der Waals surface area contributed by atoms with Crippen LogP contribution in [-0.4, -0.2) is 4.98 Å². The molecule has 17 heavy (non-hydrogen) atoms. The number of aromatic nitrogens is 1. The summed E-state index contributed by atoms with van der Waals surface area (Å²) >= 11 is 1.69. The quantitative estimate of drug-likeness (QED) is 0.895. The zero-order valence-corrected chi connectivity index (χ0v) is 11.0. The third-order valence-electron chi connectivity index (χ3n) is 2.63. The Balaban J connectivity index is 2.10. The van der Waals surface area contributed by atoms with E-state index in [1.165, 1.54) is 17.0 Å². The van der Waals surface area contributed by atoms with E-state index >= 15 is 0 Å². The molecule has 0 aliphatic carbocycles. The lowest BCUT2D eigenvalue weighted by molar-refractivity contribution is 0.627. The number of hydrogen-bond donors (Lipinski definition) is 1. The van der Waals surface area contributed by atoms with Crippen molar-refractivity contribution in [1.82, 2.24) is 4.98 Å². The van der Waals surface area contributed by atoms with Gasteiger partial charge >= 0.3 is 0 Å². The molecule has 1 aromatic carbocycles. The van der Waals surface area contributed by atoms with Crippen LogP contribution >= 0.6 is 11.3 Å². The lowest BCUT2D eigenvalue weighted by Crippen LogP contribution is -2.01. The van der Waals surface area contributed by atoms with Crippen molar-refractivity contribution in [3.05, 3.63) is 45.2 Å². The molecule has 0 saturated heterocycles. The lowest BCUT2D eigenvalue weighted by Gasteiger charge is -2.08. The van der Waals surface area contributed by atoms with E-state index in [1.54, 1.807) is 17.4 Å². The van der Waals surface area contributed by atoms with Gasteiger partial charge in [-0.25, -0.2) is 9.37 Å². The average Bonchev–Trinajstić information content (AvgIpc) is 2.56. The summed E-state index contributed by atoms with van der Waals surface area (Å²) in [5.74, 6) is -0.196. The highest BCUT2D eigenvalue weighted by atomic mass is 32.1. The fraction of sp³-hybridized carbons (Fsp3) is 0.308. The van der Waals surface area contributed by atoms with Gasteiger partial charge < -0.3 is 5.32 Å². The summed E-state index contributed by atoms with van der Waals surface area (Å²) in [6.45, 7) is 6.66. The highest BCUT2D eigenvalue weighted by molar-refractivity contribution is 7.11. The summed E-state index contributed by atoms with van der Waals surface area (Å²) in [4.78, 5) is 5.61.